The van der Waals surface area contributed by atoms with Crippen LogP contribution in [0.2, 0.25) is 0 Å². The zero-order chi connectivity index (χ0) is 24.7. The molecule has 0 aliphatic carbocycles. The highest BCUT2D eigenvalue weighted by Crippen LogP contribution is 2.49. The van der Waals surface area contributed by atoms with Gasteiger partial charge in [-0.2, -0.15) is 0 Å². The average Bonchev–Trinajstić information content (AvgIpc) is 2.96. The first-order valence-electron chi connectivity index (χ1n) is 11.2. The van der Waals surface area contributed by atoms with E-state index in [-0.39, 0.29) is 18.9 Å². The van der Waals surface area contributed by atoms with Gasteiger partial charge in [-0.3, -0.25) is 19.3 Å². The van der Waals surface area contributed by atoms with Crippen LogP contribution in [0.25, 0.3) is 0 Å². The van der Waals surface area contributed by atoms with Crippen LogP contribution < -0.4 is 15.2 Å². The van der Waals surface area contributed by atoms with Crippen molar-refractivity contribution in [2.75, 3.05) is 24.8 Å². The van der Waals surface area contributed by atoms with E-state index in [0.717, 1.165) is 11.1 Å². The van der Waals surface area contributed by atoms with Crippen molar-refractivity contribution in [3.63, 3.8) is 0 Å². The number of rotatable bonds is 2. The molecule has 0 saturated carbocycles. The van der Waals surface area contributed by atoms with Gasteiger partial charge in [0.15, 0.2) is 16.3 Å². The number of thiol groups is 1. The maximum Gasteiger partial charge on any atom is 0.278 e. The van der Waals surface area contributed by atoms with Crippen molar-refractivity contribution in [1.29, 1.82) is 0 Å². The molecule has 2 bridgehead atoms. The molecular formula is C26H25N3O5S. The van der Waals surface area contributed by atoms with E-state index in [0.29, 0.717) is 30.3 Å². The van der Waals surface area contributed by atoms with E-state index in [1.165, 1.54) is 16.9 Å². The van der Waals surface area contributed by atoms with E-state index in [1.54, 1.807) is 17.1 Å². The lowest BCUT2D eigenvalue weighted by atomic mass is 9.91. The smallest absolute Gasteiger partial charge is 0.278 e. The molecule has 35 heavy (non-hydrogen) atoms. The average molecular weight is 492 g/mol. The van der Waals surface area contributed by atoms with Crippen molar-refractivity contribution in [2.24, 2.45) is 0 Å². The molecule has 8 nitrogen and oxygen atoms in total. The minimum atomic E-state index is -1.23. The molecule has 0 saturated heterocycles. The zero-order valence-electron chi connectivity index (χ0n) is 19.2. The van der Waals surface area contributed by atoms with Gasteiger partial charge in [-0.1, -0.05) is 43.0 Å². The summed E-state index contributed by atoms with van der Waals surface area (Å²) in [6.07, 6.45) is 10.5. The van der Waals surface area contributed by atoms with Crippen LogP contribution in [0, 0.1) is 0 Å². The first kappa shape index (κ1) is 22.9. The predicted octanol–water partition coefficient (Wildman–Crippen LogP) is 3.18. The number of pyridine rings is 1. The van der Waals surface area contributed by atoms with Gasteiger partial charge in [0.2, 0.25) is 5.43 Å². The SMILES string of the molecule is C=C/C=C\C1=C(C)OCc2cccc3c2[C@]1(S)N1CN(C/C=C\CO3)C(=O)c2c(O)c(=O)ccn21. The topological polar surface area (TPSA) is 84.2 Å². The normalized spacial score (nSPS) is 22.4. The van der Waals surface area contributed by atoms with Gasteiger partial charge in [0.05, 0.1) is 0 Å². The van der Waals surface area contributed by atoms with Crippen LogP contribution in [0.3, 0.4) is 0 Å². The number of nitrogens with zero attached hydrogens (tertiary/aromatic N) is 3. The zero-order valence-corrected chi connectivity index (χ0v) is 20.1. The van der Waals surface area contributed by atoms with Gasteiger partial charge in [-0.25, -0.2) is 0 Å². The second-order valence-corrected chi connectivity index (χ2v) is 9.04. The van der Waals surface area contributed by atoms with Gasteiger partial charge in [-0.05, 0) is 24.6 Å². The van der Waals surface area contributed by atoms with Crippen molar-refractivity contribution in [3.8, 4) is 11.5 Å². The fourth-order valence-corrected chi connectivity index (χ4v) is 5.34. The summed E-state index contributed by atoms with van der Waals surface area (Å²) in [5.74, 6) is 0.174. The molecule has 0 spiro atoms. The summed E-state index contributed by atoms with van der Waals surface area (Å²) >= 11 is 5.33. The van der Waals surface area contributed by atoms with Crippen molar-refractivity contribution in [1.82, 2.24) is 9.58 Å². The number of ether oxygens (including phenoxy) is 2. The number of benzene rings is 1. The molecule has 0 unspecified atom stereocenters. The largest absolute Gasteiger partial charge is 0.502 e. The molecule has 9 heteroatoms. The highest BCUT2D eigenvalue weighted by Gasteiger charge is 2.49. The third-order valence-electron chi connectivity index (χ3n) is 6.37. The molecule has 3 aliphatic rings. The summed E-state index contributed by atoms with van der Waals surface area (Å²) < 4.78 is 13.8. The number of aromatic nitrogens is 1. The predicted molar refractivity (Wildman–Crippen MR) is 135 cm³/mol. The lowest BCUT2D eigenvalue weighted by Gasteiger charge is -2.49. The number of carbonyl (C=O) groups excluding carboxylic acids is 1. The molecule has 0 fully saturated rings. The molecule has 1 amide bonds. The quantitative estimate of drug-likeness (QED) is 0.382. The fraction of sp³-hybridized carbons (Fsp3) is 0.231. The van der Waals surface area contributed by atoms with E-state index in [1.807, 2.05) is 48.4 Å². The van der Waals surface area contributed by atoms with Gasteiger partial charge in [0.1, 0.15) is 31.4 Å². The van der Waals surface area contributed by atoms with Crippen LogP contribution in [0.1, 0.15) is 28.5 Å². The summed E-state index contributed by atoms with van der Waals surface area (Å²) in [5.41, 5.74) is 1.54. The van der Waals surface area contributed by atoms with Gasteiger partial charge in [0.25, 0.3) is 5.91 Å². The number of hydrogen-bond donors (Lipinski definition) is 2. The summed E-state index contributed by atoms with van der Waals surface area (Å²) in [4.78, 5) is 26.0. The molecule has 3 aliphatic heterocycles. The molecule has 4 heterocycles. The van der Waals surface area contributed by atoms with Crippen molar-refractivity contribution < 1.29 is 19.4 Å². The molecule has 2 aromatic rings. The lowest BCUT2D eigenvalue weighted by molar-refractivity contribution is 0.0697. The monoisotopic (exact) mass is 491 g/mol. The molecule has 5 rings (SSSR count). The molecular weight excluding hydrogens is 466 g/mol. The van der Waals surface area contributed by atoms with E-state index in [9.17, 15) is 14.7 Å². The minimum absolute atomic E-state index is 0.120. The number of allylic oxidation sites excluding steroid dienone is 3. The van der Waals surface area contributed by atoms with Crippen LogP contribution in [-0.4, -0.2) is 40.4 Å². The number of fused-ring (bicyclic) bond motifs is 5. The Kier molecular flexibility index (Phi) is 5.72. The Morgan fingerprint density at radius 2 is 2.03 bits per heavy atom. The third kappa shape index (κ3) is 3.54. The Labute approximate surface area is 208 Å². The Morgan fingerprint density at radius 3 is 2.83 bits per heavy atom. The van der Waals surface area contributed by atoms with Crippen LogP contribution in [0.15, 0.2) is 83.5 Å². The highest BCUT2D eigenvalue weighted by molar-refractivity contribution is 7.81. The standard InChI is InChI=1S/C26H25N3O5S/c1-3-4-9-19-17(2)34-15-18-8-7-10-21-22(18)26(19,35)29-16-27(12-5-6-14-33-21)25(32)23-24(31)20(30)11-13-28(23)29/h3-11,13,31,35H,1,12,14-16H2,2H3/b6-5-,9-4-/t26-/m0/s1. The lowest BCUT2D eigenvalue weighted by Crippen LogP contribution is -2.61. The van der Waals surface area contributed by atoms with Crippen LogP contribution in [-0.2, 0) is 16.2 Å². The second kappa shape index (κ2) is 8.74. The number of amides is 1. The van der Waals surface area contributed by atoms with Crippen LogP contribution in [0.4, 0.5) is 0 Å². The summed E-state index contributed by atoms with van der Waals surface area (Å²) in [7, 11) is 0. The number of aromatic hydroxyl groups is 1. The van der Waals surface area contributed by atoms with Gasteiger partial charge in [-0.15, -0.1) is 12.6 Å². The van der Waals surface area contributed by atoms with Crippen LogP contribution in [0.5, 0.6) is 11.5 Å². The van der Waals surface area contributed by atoms with Gasteiger partial charge >= 0.3 is 0 Å². The fourth-order valence-electron chi connectivity index (χ4n) is 4.69. The van der Waals surface area contributed by atoms with E-state index in [4.69, 9.17) is 22.1 Å². The molecule has 180 valence electrons. The highest BCUT2D eigenvalue weighted by atomic mass is 32.1. The first-order chi connectivity index (χ1) is 16.9. The van der Waals surface area contributed by atoms with E-state index < -0.39 is 22.0 Å². The molecule has 0 radical (unpaired) electrons. The Hall–Kier alpha value is -3.85. The Morgan fingerprint density at radius 1 is 1.20 bits per heavy atom. The summed E-state index contributed by atoms with van der Waals surface area (Å²) in [6.45, 7) is 6.61. The third-order valence-corrected chi connectivity index (χ3v) is 7.06. The maximum atomic E-state index is 13.4. The van der Waals surface area contributed by atoms with Gasteiger partial charge in [0, 0.05) is 29.9 Å². The van der Waals surface area contributed by atoms with Crippen LogP contribution >= 0.6 is 12.6 Å². The van der Waals surface area contributed by atoms with Crippen molar-refractivity contribution in [3.05, 3.63) is 106 Å². The minimum Gasteiger partial charge on any atom is -0.502 e. The molecule has 1 N–H and O–H groups in total. The van der Waals surface area contributed by atoms with E-state index >= 15 is 0 Å². The van der Waals surface area contributed by atoms with Crippen molar-refractivity contribution >= 4 is 18.5 Å². The van der Waals surface area contributed by atoms with Gasteiger partial charge < -0.3 is 19.5 Å². The maximum absolute atomic E-state index is 13.4. The molecule has 1 aromatic heterocycles. The number of hydrogen-bond acceptors (Lipinski definition) is 7. The first-order valence-corrected chi connectivity index (χ1v) is 11.6. The second-order valence-electron chi connectivity index (χ2n) is 8.39. The summed E-state index contributed by atoms with van der Waals surface area (Å²) in [5, 5.41) is 12.5. The van der Waals surface area contributed by atoms with Crippen molar-refractivity contribution in [2.45, 2.75) is 18.4 Å². The number of carbonyl (C=O) groups is 1. The Balaban J connectivity index is 1.91. The summed E-state index contributed by atoms with van der Waals surface area (Å²) in [6, 6.07) is 6.96. The Bertz CT molecular complexity index is 1380. The molecule has 1 aromatic carbocycles. The van der Waals surface area contributed by atoms with E-state index in [2.05, 4.69) is 6.58 Å². The molecule has 1 atom stereocenters.